The van der Waals surface area contributed by atoms with Gasteiger partial charge in [0.05, 0.1) is 38.4 Å². The first-order valence-corrected chi connectivity index (χ1v) is 19.2. The first-order valence-electron chi connectivity index (χ1n) is 19.2. The van der Waals surface area contributed by atoms with Gasteiger partial charge in [0.15, 0.2) is 6.35 Å². The van der Waals surface area contributed by atoms with E-state index in [2.05, 4.69) is 45.8 Å². The van der Waals surface area contributed by atoms with E-state index >= 15 is 0 Å². The first kappa shape index (κ1) is 34.8. The highest BCUT2D eigenvalue weighted by molar-refractivity contribution is 5.87. The van der Waals surface area contributed by atoms with Gasteiger partial charge < -0.3 is 24.0 Å². The summed E-state index contributed by atoms with van der Waals surface area (Å²) in [4.78, 5) is 22.7. The van der Waals surface area contributed by atoms with Crippen LogP contribution in [0.1, 0.15) is 89.0 Å². The van der Waals surface area contributed by atoms with Crippen molar-refractivity contribution >= 4 is 5.91 Å². The third-order valence-corrected chi connectivity index (χ3v) is 12.8. The fraction of sp³-hybridized carbons (Fsp3) is 0.744. The number of ether oxygens (including phenoxy) is 3. The minimum atomic E-state index is -0.246. The van der Waals surface area contributed by atoms with Crippen molar-refractivity contribution in [1.29, 1.82) is 5.26 Å². The number of benzene rings is 1. The summed E-state index contributed by atoms with van der Waals surface area (Å²) in [7, 11) is 3.94. The Bertz CT molecular complexity index is 1360. The molecule has 4 aliphatic heterocycles. The van der Waals surface area contributed by atoms with Crippen molar-refractivity contribution in [1.82, 2.24) is 24.9 Å². The van der Waals surface area contributed by atoms with Crippen LogP contribution in [0.2, 0.25) is 0 Å². The van der Waals surface area contributed by atoms with Crippen molar-refractivity contribution in [2.75, 3.05) is 46.9 Å². The van der Waals surface area contributed by atoms with Crippen LogP contribution in [-0.2, 0) is 16.0 Å². The molecule has 1 aromatic carbocycles. The van der Waals surface area contributed by atoms with E-state index in [9.17, 15) is 10.1 Å². The van der Waals surface area contributed by atoms with Crippen molar-refractivity contribution in [3.63, 3.8) is 0 Å². The lowest BCUT2D eigenvalue weighted by molar-refractivity contribution is -0.220. The molecule has 3 saturated heterocycles. The van der Waals surface area contributed by atoms with Gasteiger partial charge in [0.25, 0.3) is 0 Å². The van der Waals surface area contributed by atoms with E-state index in [-0.39, 0.29) is 36.1 Å². The molecule has 268 valence electrons. The minimum absolute atomic E-state index is 0.0731. The van der Waals surface area contributed by atoms with Crippen LogP contribution in [0.4, 0.5) is 0 Å². The monoisotopic (exact) mass is 674 g/mol. The average Bonchev–Trinajstić information content (AvgIpc) is 3.67. The number of carbonyl (C=O) groups is 1. The van der Waals surface area contributed by atoms with Crippen LogP contribution < -0.4 is 14.8 Å². The Balaban J connectivity index is 1.21. The Kier molecular flexibility index (Phi) is 10.8. The van der Waals surface area contributed by atoms with Crippen LogP contribution in [-0.4, -0.2) is 115 Å². The van der Waals surface area contributed by atoms with E-state index in [1.807, 2.05) is 17.0 Å². The van der Waals surface area contributed by atoms with Crippen LogP contribution in [0, 0.1) is 17.2 Å². The van der Waals surface area contributed by atoms with Gasteiger partial charge in [-0.2, -0.15) is 5.26 Å². The summed E-state index contributed by atoms with van der Waals surface area (Å²) < 4.78 is 19.5. The highest BCUT2D eigenvalue weighted by Gasteiger charge is 2.55. The van der Waals surface area contributed by atoms with Crippen molar-refractivity contribution in [2.45, 2.75) is 132 Å². The number of methoxy groups -OCH3 is 1. The average molecular weight is 675 g/mol. The maximum atomic E-state index is 12.9. The Morgan fingerprint density at radius 3 is 2.65 bits per heavy atom. The maximum Gasteiger partial charge on any atom is 0.246 e. The third-order valence-electron chi connectivity index (χ3n) is 12.8. The van der Waals surface area contributed by atoms with E-state index in [0.29, 0.717) is 44.1 Å². The molecule has 1 amide bonds. The Morgan fingerprint density at radius 2 is 1.92 bits per heavy atom. The lowest BCUT2D eigenvalue weighted by atomic mass is 9.70. The summed E-state index contributed by atoms with van der Waals surface area (Å²) in [6, 6.07) is 9.58. The molecule has 0 radical (unpaired) electrons. The van der Waals surface area contributed by atoms with Gasteiger partial charge in [-0.25, -0.2) is 4.90 Å². The van der Waals surface area contributed by atoms with Gasteiger partial charge in [0, 0.05) is 62.6 Å². The standard InChI is InChI=1S/C39H58N6O4/c1-4-36(46)44-22-21-43(26-30(44)17-19-40)37-33-16-18-39(24-28-14-15-32(47-3)23-35(28)49-39)25-34(33)41-38(48-27-31-13-10-20-42(31)2)45(37)29-11-8-6-5-7-9-12-29/h4,14-15,23,29-31,33-34,37-38,41H,1,5-13,16-18,20-22,24-27H2,2-3H3/t30?,31?,33?,34?,37?,38?,39-/m0/s1. The number of carbonyl (C=O) groups excluding carboxylic acids is 1. The van der Waals surface area contributed by atoms with Gasteiger partial charge in [-0.15, -0.1) is 0 Å². The number of fused-ring (bicyclic) bond motifs is 2. The lowest BCUT2D eigenvalue weighted by Gasteiger charge is -2.60. The quantitative estimate of drug-likeness (QED) is 0.387. The zero-order valence-corrected chi connectivity index (χ0v) is 29.9. The Hall–Kier alpha value is -2.68. The van der Waals surface area contributed by atoms with Crippen LogP contribution in [0.3, 0.4) is 0 Å². The summed E-state index contributed by atoms with van der Waals surface area (Å²) >= 11 is 0. The summed E-state index contributed by atoms with van der Waals surface area (Å²) in [5.74, 6) is 2.09. The second-order valence-electron chi connectivity index (χ2n) is 15.7. The first-order chi connectivity index (χ1) is 23.9. The normalized spacial score (nSPS) is 34.8. The lowest BCUT2D eigenvalue weighted by Crippen LogP contribution is -2.75. The molecule has 10 nitrogen and oxygen atoms in total. The second-order valence-corrected chi connectivity index (χ2v) is 15.7. The van der Waals surface area contributed by atoms with E-state index in [1.54, 1.807) is 7.11 Å². The highest BCUT2D eigenvalue weighted by Crippen LogP contribution is 2.49. The van der Waals surface area contributed by atoms with Gasteiger partial charge >= 0.3 is 0 Å². The predicted molar refractivity (Wildman–Crippen MR) is 189 cm³/mol. The molecular formula is C39H58N6O4. The van der Waals surface area contributed by atoms with Gasteiger partial charge in [0.2, 0.25) is 5.91 Å². The number of nitrogens with zero attached hydrogens (tertiary/aromatic N) is 5. The largest absolute Gasteiger partial charge is 0.497 e. The molecule has 4 heterocycles. The van der Waals surface area contributed by atoms with E-state index in [0.717, 1.165) is 50.3 Å². The smallest absolute Gasteiger partial charge is 0.246 e. The topological polar surface area (TPSA) is 93.5 Å². The second kappa shape index (κ2) is 15.3. The predicted octanol–water partition coefficient (Wildman–Crippen LogP) is 4.89. The molecule has 7 atom stereocenters. The van der Waals surface area contributed by atoms with Gasteiger partial charge in [-0.1, -0.05) is 44.7 Å². The van der Waals surface area contributed by atoms with Crippen LogP contribution in [0.15, 0.2) is 30.9 Å². The molecule has 10 heteroatoms. The number of likely N-dealkylation sites (tertiary alicyclic amines) is 1. The Morgan fingerprint density at radius 1 is 1.10 bits per heavy atom. The number of likely N-dealkylation sites (N-methyl/N-ethyl adjacent to an activating group) is 1. The van der Waals surface area contributed by atoms with Crippen molar-refractivity contribution in [2.24, 2.45) is 5.92 Å². The highest BCUT2D eigenvalue weighted by atomic mass is 16.5. The molecule has 6 unspecified atom stereocenters. The van der Waals surface area contributed by atoms with E-state index in [4.69, 9.17) is 14.2 Å². The van der Waals surface area contributed by atoms with Crippen molar-refractivity contribution in [3.05, 3.63) is 36.4 Å². The molecule has 2 aliphatic carbocycles. The number of amides is 1. The fourth-order valence-corrected chi connectivity index (χ4v) is 10.2. The number of hydrogen-bond donors (Lipinski definition) is 1. The zero-order chi connectivity index (χ0) is 34.0. The minimum Gasteiger partial charge on any atom is -0.497 e. The van der Waals surface area contributed by atoms with E-state index < -0.39 is 0 Å². The summed E-state index contributed by atoms with van der Waals surface area (Å²) in [5, 5.41) is 14.0. The molecule has 5 fully saturated rings. The summed E-state index contributed by atoms with van der Waals surface area (Å²) in [6.07, 6.45) is 16.7. The molecular weight excluding hydrogens is 616 g/mol. The number of nitriles is 1. The number of nitrogens with one attached hydrogen (secondary N) is 1. The molecule has 0 bridgehead atoms. The SMILES string of the molecule is C=CC(=O)N1CCN(C2C3CC[C@]4(Cc5ccc(OC)cc5O4)CC3NC(OCC3CCCN3C)N2C2CCCCCCC2)CC1CC#N. The van der Waals surface area contributed by atoms with Crippen LogP contribution >= 0.6 is 0 Å². The maximum absolute atomic E-state index is 12.9. The number of piperazine rings is 1. The van der Waals surface area contributed by atoms with Gasteiger partial charge in [-0.3, -0.25) is 15.0 Å². The third kappa shape index (κ3) is 7.25. The summed E-state index contributed by atoms with van der Waals surface area (Å²) in [6.45, 7) is 7.69. The molecule has 2 saturated carbocycles. The van der Waals surface area contributed by atoms with Crippen LogP contribution in [0.25, 0.3) is 0 Å². The van der Waals surface area contributed by atoms with Crippen LogP contribution in [0.5, 0.6) is 11.5 Å². The van der Waals surface area contributed by atoms with Gasteiger partial charge in [-0.05, 0) is 69.8 Å². The molecule has 1 aromatic rings. The molecule has 7 rings (SSSR count). The zero-order valence-electron chi connectivity index (χ0n) is 29.9. The molecule has 1 spiro atoms. The Labute approximate surface area is 293 Å². The molecule has 0 aromatic heterocycles. The van der Waals surface area contributed by atoms with Gasteiger partial charge in [0.1, 0.15) is 17.1 Å². The fourth-order valence-electron chi connectivity index (χ4n) is 10.2. The molecule has 49 heavy (non-hydrogen) atoms. The number of rotatable bonds is 8. The summed E-state index contributed by atoms with van der Waals surface area (Å²) in [5.41, 5.74) is 1.02. The van der Waals surface area contributed by atoms with Crippen molar-refractivity contribution in [3.8, 4) is 17.6 Å². The van der Waals surface area contributed by atoms with Crippen molar-refractivity contribution < 1.29 is 19.0 Å². The molecule has 6 aliphatic rings. The molecule has 1 N–H and O–H groups in total. The number of hydrogen-bond acceptors (Lipinski definition) is 9. The van der Waals surface area contributed by atoms with E-state index in [1.165, 1.54) is 69.4 Å².